The molecule has 139 heavy (non-hydrogen) atoms. The highest BCUT2D eigenvalue weighted by molar-refractivity contribution is 6.15. The van der Waals surface area contributed by atoms with E-state index in [9.17, 15) is 0 Å². The van der Waals surface area contributed by atoms with Crippen molar-refractivity contribution in [3.8, 4) is 106 Å². The molecular weight excluding hydrogens is 1680 g/mol. The van der Waals surface area contributed by atoms with Crippen molar-refractivity contribution in [3.63, 3.8) is 0 Å². The van der Waals surface area contributed by atoms with E-state index in [1.54, 1.807) is 0 Å². The van der Waals surface area contributed by atoms with E-state index in [-0.39, 0.29) is 5.92 Å². The van der Waals surface area contributed by atoms with Crippen molar-refractivity contribution < 1.29 is 0 Å². The van der Waals surface area contributed by atoms with Crippen molar-refractivity contribution in [1.29, 1.82) is 0 Å². The van der Waals surface area contributed by atoms with Crippen LogP contribution in [0, 0.1) is 0 Å². The molecule has 648 valence electrons. The summed E-state index contributed by atoms with van der Waals surface area (Å²) in [6.07, 6.45) is 0. The molecule has 0 fully saturated rings. The van der Waals surface area contributed by atoms with Crippen LogP contribution in [0.25, 0.3) is 215 Å². The Hall–Kier alpha value is -18.2. The number of hydrogen-bond acceptors (Lipinski definition) is 0. The summed E-state index contributed by atoms with van der Waals surface area (Å²) in [5, 5.41) is 12.7. The summed E-state index contributed by atoms with van der Waals surface area (Å²) in [5.74, 6) is 0.253. The Labute approximate surface area is 804 Å². The largest absolute Gasteiger partial charge is 0.309 e. The van der Waals surface area contributed by atoms with E-state index in [0.717, 1.165) is 11.4 Å². The first-order valence-electron chi connectivity index (χ1n) is 48.2. The van der Waals surface area contributed by atoms with Crippen molar-refractivity contribution in [2.45, 2.75) is 11.3 Å². The zero-order chi connectivity index (χ0) is 91.3. The van der Waals surface area contributed by atoms with E-state index in [1.165, 1.54) is 243 Å². The number of nitrogens with zero attached hydrogens (tertiary/aromatic N) is 5. The van der Waals surface area contributed by atoms with E-state index >= 15 is 0 Å². The first-order chi connectivity index (χ1) is 69.0. The SMILES string of the molecule is c1cc(-c2cccc(-n3c4ccccc4c4ccccc43)c2)cc(C2c3ccccc3-c3ccccc32)c1.c1ccc(-c2ccc3c4ccccc4n(-c4ccc(-c5ccc(-n6c7ccccc7c7ccc(-c8ccccc8)cc76)cc5)cc4)c3c2)cc1.c1ccc2c(c1)-c1ccccc1C21c2cc(-n3c4ccccc4c4ccccc43)ccc2-c2ccc(-n3c4ccccc4c4ccccc43)cc21. The third-order valence-corrected chi connectivity index (χ3v) is 30.0. The molecule has 0 N–H and O–H groups in total. The molecule has 0 saturated heterocycles. The highest BCUT2D eigenvalue weighted by atomic mass is 15.0. The fourth-order valence-corrected chi connectivity index (χ4v) is 24.0. The fraction of sp³-hybridized carbons (Fsp3) is 0.0149. The molecule has 1 spiro atoms. The summed E-state index contributed by atoms with van der Waals surface area (Å²) < 4.78 is 12.1. The zero-order valence-electron chi connectivity index (χ0n) is 76.0. The number of aromatic nitrogens is 5. The standard InChI is InChI=1S/C49H30N2.C48H32N2.C37H25N/c1-7-19-41-33(13-1)34-14-2-8-20-42(34)49(41)43-29-31(50-45-21-9-3-15-37(45)38-16-4-10-22-46(38)50)25-27-35(43)36-28-26-32(30-44(36)49)51-47-23-11-5-17-39(47)40-18-6-12-24-48(40)51;1-3-11-33(12-4-1)37-23-29-43-41-15-7-9-17-45(41)49(47(43)31-37)39-25-19-35(20-26-39)36-21-27-40(28-22-36)50-46-18-10-8-16-42(46)44-30-24-38(32-48(44)50)34-13-5-2-6-14-34;1-3-19-33-29(15-1)30-16-2-4-20-34(30)37(33)27-13-9-11-25(23-27)26-12-10-14-28(24-26)38-35-21-7-5-17-31(35)32-18-6-8-22-36(32)38/h1-30H;1-32H;1-24,37H. The van der Waals surface area contributed by atoms with Crippen LogP contribution in [0.1, 0.15) is 44.9 Å². The van der Waals surface area contributed by atoms with Crippen molar-refractivity contribution in [3.05, 3.63) is 561 Å². The molecule has 0 unspecified atom stereocenters. The third kappa shape index (κ3) is 12.4. The van der Waals surface area contributed by atoms with Gasteiger partial charge in [-0.05, 0) is 238 Å². The van der Waals surface area contributed by atoms with Gasteiger partial charge in [0.15, 0.2) is 0 Å². The predicted molar refractivity (Wildman–Crippen MR) is 582 cm³/mol. The second-order valence-electron chi connectivity index (χ2n) is 37.2. The molecule has 5 heterocycles. The molecule has 0 aliphatic heterocycles. The molecule has 27 aromatic rings. The van der Waals surface area contributed by atoms with E-state index in [4.69, 9.17) is 0 Å². The normalized spacial score (nSPS) is 12.6. The Morgan fingerprint density at radius 2 is 0.388 bits per heavy atom. The van der Waals surface area contributed by atoms with Crippen molar-refractivity contribution >= 4 is 109 Å². The van der Waals surface area contributed by atoms with E-state index in [2.05, 4.69) is 545 Å². The highest BCUT2D eigenvalue weighted by Crippen LogP contribution is 2.64. The van der Waals surface area contributed by atoms with Gasteiger partial charge in [0.2, 0.25) is 0 Å². The molecule has 3 aliphatic carbocycles. The van der Waals surface area contributed by atoms with Gasteiger partial charge >= 0.3 is 0 Å². The molecule has 0 radical (unpaired) electrons. The second-order valence-corrected chi connectivity index (χ2v) is 37.2. The highest BCUT2D eigenvalue weighted by Gasteiger charge is 2.52. The molecule has 0 saturated carbocycles. The first-order valence-corrected chi connectivity index (χ1v) is 48.2. The molecule has 0 amide bonds. The van der Waals surface area contributed by atoms with E-state index in [0.29, 0.717) is 0 Å². The lowest BCUT2D eigenvalue weighted by atomic mass is 9.70. The van der Waals surface area contributed by atoms with Crippen LogP contribution in [0.3, 0.4) is 0 Å². The second kappa shape index (κ2) is 32.0. The van der Waals surface area contributed by atoms with Gasteiger partial charge in [0.1, 0.15) is 0 Å². The number of benzene rings is 22. The fourth-order valence-electron chi connectivity index (χ4n) is 24.0. The van der Waals surface area contributed by atoms with Crippen molar-refractivity contribution in [2.75, 3.05) is 0 Å². The van der Waals surface area contributed by atoms with Gasteiger partial charge < -0.3 is 22.8 Å². The summed E-state index contributed by atoms with van der Waals surface area (Å²) in [6.45, 7) is 0. The minimum atomic E-state index is -0.471. The number of fused-ring (bicyclic) bond motifs is 28. The average Bonchev–Trinajstić information content (AvgIpc) is 1.50. The maximum Gasteiger partial charge on any atom is 0.0727 e. The molecular formula is C134H87N5. The van der Waals surface area contributed by atoms with E-state index in [1.807, 2.05) is 0 Å². The summed E-state index contributed by atoms with van der Waals surface area (Å²) in [5.41, 5.74) is 44.8. The first kappa shape index (κ1) is 79.4. The van der Waals surface area contributed by atoms with E-state index < -0.39 is 5.41 Å². The number of para-hydroxylation sites is 8. The molecule has 5 aromatic heterocycles. The Bertz CT molecular complexity index is 9040. The van der Waals surface area contributed by atoms with Crippen LogP contribution in [0.5, 0.6) is 0 Å². The Balaban J connectivity index is 0.000000104. The summed E-state index contributed by atoms with van der Waals surface area (Å²) in [4.78, 5) is 0. The topological polar surface area (TPSA) is 24.6 Å². The van der Waals surface area contributed by atoms with Gasteiger partial charge in [-0.15, -0.1) is 0 Å². The lowest BCUT2D eigenvalue weighted by Gasteiger charge is -2.31. The Morgan fingerprint density at radius 3 is 0.763 bits per heavy atom. The van der Waals surface area contributed by atoms with Crippen LogP contribution in [-0.2, 0) is 5.41 Å². The third-order valence-electron chi connectivity index (χ3n) is 30.0. The van der Waals surface area contributed by atoms with Gasteiger partial charge in [-0.2, -0.15) is 0 Å². The molecule has 30 rings (SSSR count). The lowest BCUT2D eigenvalue weighted by molar-refractivity contribution is 0.791. The summed E-state index contributed by atoms with van der Waals surface area (Å²) in [7, 11) is 0. The van der Waals surface area contributed by atoms with Crippen molar-refractivity contribution in [2.24, 2.45) is 0 Å². The van der Waals surface area contributed by atoms with Gasteiger partial charge in [-0.3, -0.25) is 0 Å². The monoisotopic (exact) mass is 1770 g/mol. The average molecular weight is 1770 g/mol. The smallest absolute Gasteiger partial charge is 0.0727 e. The van der Waals surface area contributed by atoms with Crippen LogP contribution in [0.15, 0.2) is 522 Å². The van der Waals surface area contributed by atoms with Gasteiger partial charge in [0.05, 0.1) is 60.6 Å². The Kier molecular flexibility index (Phi) is 18.3. The van der Waals surface area contributed by atoms with Crippen LogP contribution in [-0.4, -0.2) is 22.8 Å². The van der Waals surface area contributed by atoms with Crippen LogP contribution in [0.4, 0.5) is 0 Å². The number of rotatable bonds is 10. The van der Waals surface area contributed by atoms with Gasteiger partial charge in [-0.1, -0.05) is 400 Å². The maximum atomic E-state index is 2.49. The summed E-state index contributed by atoms with van der Waals surface area (Å²) in [6, 6.07) is 191. The molecule has 5 heteroatoms. The molecule has 0 bridgehead atoms. The van der Waals surface area contributed by atoms with Crippen molar-refractivity contribution in [1.82, 2.24) is 22.8 Å². The minimum absolute atomic E-state index is 0.253. The molecule has 0 atom stereocenters. The lowest BCUT2D eigenvalue weighted by Crippen LogP contribution is -2.26. The van der Waals surface area contributed by atoms with Crippen LogP contribution < -0.4 is 0 Å². The minimum Gasteiger partial charge on any atom is -0.309 e. The predicted octanol–water partition coefficient (Wildman–Crippen LogP) is 34.7. The maximum absolute atomic E-state index is 2.49. The molecule has 3 aliphatic rings. The Morgan fingerprint density at radius 1 is 0.137 bits per heavy atom. The number of hydrogen-bond donors (Lipinski definition) is 0. The van der Waals surface area contributed by atoms with Crippen LogP contribution in [0.2, 0.25) is 0 Å². The van der Waals surface area contributed by atoms with Crippen LogP contribution >= 0.6 is 0 Å². The molecule has 22 aromatic carbocycles. The van der Waals surface area contributed by atoms with Gasteiger partial charge in [-0.25, -0.2) is 0 Å². The summed E-state index contributed by atoms with van der Waals surface area (Å²) >= 11 is 0. The zero-order valence-corrected chi connectivity index (χ0v) is 76.0. The molecule has 5 nitrogen and oxygen atoms in total. The quantitative estimate of drug-likeness (QED) is 0.130. The van der Waals surface area contributed by atoms with Gasteiger partial charge in [0, 0.05) is 88.2 Å². The van der Waals surface area contributed by atoms with Gasteiger partial charge in [0.25, 0.3) is 0 Å².